The first kappa shape index (κ1) is 12.4. The topological polar surface area (TPSA) is 20.2 Å². The van der Waals surface area contributed by atoms with E-state index in [1.54, 1.807) is 11.3 Å². The SMILES string of the molecule is CC(=Cc1ccc(-c2ccccc2Cl)s1)CO. The molecule has 0 radical (unpaired) electrons. The second-order valence-electron chi connectivity index (χ2n) is 3.83. The van der Waals surface area contributed by atoms with E-state index in [4.69, 9.17) is 16.7 Å². The van der Waals surface area contributed by atoms with E-state index >= 15 is 0 Å². The average Bonchev–Trinajstić information content (AvgIpc) is 2.78. The number of halogens is 1. The van der Waals surface area contributed by atoms with Crippen molar-refractivity contribution >= 4 is 29.0 Å². The van der Waals surface area contributed by atoms with Crippen molar-refractivity contribution in [3.05, 3.63) is 51.9 Å². The van der Waals surface area contributed by atoms with E-state index in [2.05, 4.69) is 6.07 Å². The van der Waals surface area contributed by atoms with Gasteiger partial charge in [0.1, 0.15) is 0 Å². The first-order valence-corrected chi connectivity index (χ1v) is 6.53. The van der Waals surface area contributed by atoms with Crippen LogP contribution in [0.1, 0.15) is 11.8 Å². The minimum atomic E-state index is 0.0966. The minimum Gasteiger partial charge on any atom is -0.392 e. The van der Waals surface area contributed by atoms with E-state index in [1.807, 2.05) is 43.3 Å². The lowest BCUT2D eigenvalue weighted by molar-refractivity contribution is 0.332. The molecule has 0 saturated carbocycles. The van der Waals surface area contributed by atoms with Gasteiger partial charge in [0.15, 0.2) is 0 Å². The third-order valence-electron chi connectivity index (χ3n) is 2.40. The number of aliphatic hydroxyl groups is 1. The van der Waals surface area contributed by atoms with Crippen molar-refractivity contribution in [1.82, 2.24) is 0 Å². The van der Waals surface area contributed by atoms with Crippen molar-refractivity contribution < 1.29 is 5.11 Å². The van der Waals surface area contributed by atoms with E-state index in [-0.39, 0.29) is 6.61 Å². The second-order valence-corrected chi connectivity index (χ2v) is 5.35. The number of hydrogen-bond acceptors (Lipinski definition) is 2. The first-order chi connectivity index (χ1) is 8.20. The van der Waals surface area contributed by atoms with E-state index in [0.717, 1.165) is 25.9 Å². The Bertz CT molecular complexity index is 543. The summed E-state index contributed by atoms with van der Waals surface area (Å²) in [6, 6.07) is 11.9. The van der Waals surface area contributed by atoms with Gasteiger partial charge in [-0.05, 0) is 36.8 Å². The molecule has 0 atom stereocenters. The van der Waals surface area contributed by atoms with Gasteiger partial charge in [0.25, 0.3) is 0 Å². The maximum Gasteiger partial charge on any atom is 0.0642 e. The standard InChI is InChI=1S/C14H13ClOS/c1-10(9-16)8-11-6-7-14(17-11)12-4-2-3-5-13(12)15/h2-8,16H,9H2,1H3. The Morgan fingerprint density at radius 1 is 1.29 bits per heavy atom. The van der Waals surface area contributed by atoms with Crippen molar-refractivity contribution in [3.8, 4) is 10.4 Å². The quantitative estimate of drug-likeness (QED) is 0.868. The second kappa shape index (κ2) is 5.50. The fourth-order valence-corrected chi connectivity index (χ4v) is 2.89. The van der Waals surface area contributed by atoms with Gasteiger partial charge in [-0.2, -0.15) is 0 Å². The van der Waals surface area contributed by atoms with E-state index < -0.39 is 0 Å². The number of aliphatic hydroxyl groups excluding tert-OH is 1. The molecule has 0 amide bonds. The molecule has 0 fully saturated rings. The molecule has 2 aromatic rings. The van der Waals surface area contributed by atoms with Crippen molar-refractivity contribution in [2.24, 2.45) is 0 Å². The van der Waals surface area contributed by atoms with E-state index in [1.165, 1.54) is 0 Å². The molecule has 1 nitrogen and oxygen atoms in total. The smallest absolute Gasteiger partial charge is 0.0642 e. The fraction of sp³-hybridized carbons (Fsp3) is 0.143. The maximum atomic E-state index is 8.98. The van der Waals surface area contributed by atoms with Crippen LogP contribution in [0.15, 0.2) is 42.0 Å². The summed E-state index contributed by atoms with van der Waals surface area (Å²) in [7, 11) is 0. The fourth-order valence-electron chi connectivity index (χ4n) is 1.52. The summed E-state index contributed by atoms with van der Waals surface area (Å²) in [5.74, 6) is 0. The zero-order chi connectivity index (χ0) is 12.3. The Morgan fingerprint density at radius 2 is 2.06 bits per heavy atom. The molecule has 0 spiro atoms. The van der Waals surface area contributed by atoms with Gasteiger partial charge in [0.05, 0.1) is 6.61 Å². The summed E-state index contributed by atoms with van der Waals surface area (Å²) in [5, 5.41) is 9.75. The molecular weight excluding hydrogens is 252 g/mol. The molecule has 0 aliphatic rings. The third-order valence-corrected chi connectivity index (χ3v) is 3.80. The predicted octanol–water partition coefficient (Wildman–Crippen LogP) is 4.46. The highest BCUT2D eigenvalue weighted by atomic mass is 35.5. The molecule has 1 heterocycles. The van der Waals surface area contributed by atoms with Crippen LogP contribution in [-0.2, 0) is 0 Å². The lowest BCUT2D eigenvalue weighted by atomic mass is 10.2. The van der Waals surface area contributed by atoms with Crippen LogP contribution in [0.5, 0.6) is 0 Å². The summed E-state index contributed by atoms with van der Waals surface area (Å²) in [6.07, 6.45) is 1.99. The molecule has 0 aliphatic heterocycles. The van der Waals surface area contributed by atoms with Crippen molar-refractivity contribution in [2.45, 2.75) is 6.92 Å². The van der Waals surface area contributed by atoms with E-state index in [0.29, 0.717) is 0 Å². The average molecular weight is 265 g/mol. The molecule has 1 aromatic heterocycles. The van der Waals surface area contributed by atoms with Crippen LogP contribution in [0.25, 0.3) is 16.5 Å². The highest BCUT2D eigenvalue weighted by Gasteiger charge is 2.05. The monoisotopic (exact) mass is 264 g/mol. The Hall–Kier alpha value is -1.09. The number of thiophene rings is 1. The largest absolute Gasteiger partial charge is 0.392 e. The van der Waals surface area contributed by atoms with Gasteiger partial charge < -0.3 is 5.11 Å². The van der Waals surface area contributed by atoms with Gasteiger partial charge in [-0.25, -0.2) is 0 Å². The molecule has 0 unspecified atom stereocenters. The van der Waals surface area contributed by atoms with Crippen molar-refractivity contribution in [2.75, 3.05) is 6.61 Å². The molecule has 1 N–H and O–H groups in total. The predicted molar refractivity (Wildman–Crippen MR) is 75.5 cm³/mol. The number of benzene rings is 1. The normalized spacial score (nSPS) is 11.8. The van der Waals surface area contributed by atoms with Crippen LogP contribution < -0.4 is 0 Å². The Kier molecular flexibility index (Phi) is 4.00. The Morgan fingerprint density at radius 3 is 2.76 bits per heavy atom. The number of rotatable bonds is 3. The van der Waals surface area contributed by atoms with E-state index in [9.17, 15) is 0 Å². The van der Waals surface area contributed by atoms with Crippen molar-refractivity contribution in [3.63, 3.8) is 0 Å². The van der Waals surface area contributed by atoms with Crippen LogP contribution in [0.4, 0.5) is 0 Å². The summed E-state index contributed by atoms with van der Waals surface area (Å²) >= 11 is 7.82. The van der Waals surface area contributed by atoms with Gasteiger partial charge in [-0.3, -0.25) is 0 Å². The van der Waals surface area contributed by atoms with Crippen LogP contribution in [0.3, 0.4) is 0 Å². The molecule has 0 aliphatic carbocycles. The molecule has 0 saturated heterocycles. The highest BCUT2D eigenvalue weighted by molar-refractivity contribution is 7.16. The highest BCUT2D eigenvalue weighted by Crippen LogP contribution is 2.33. The maximum absolute atomic E-state index is 8.98. The van der Waals surface area contributed by atoms with Gasteiger partial charge >= 0.3 is 0 Å². The molecule has 88 valence electrons. The van der Waals surface area contributed by atoms with Gasteiger partial charge in [0.2, 0.25) is 0 Å². The lowest BCUT2D eigenvalue weighted by Crippen LogP contribution is -1.81. The Balaban J connectivity index is 2.34. The van der Waals surface area contributed by atoms with Crippen LogP contribution in [0.2, 0.25) is 5.02 Å². The van der Waals surface area contributed by atoms with Crippen LogP contribution >= 0.6 is 22.9 Å². The Labute approximate surface area is 110 Å². The molecule has 3 heteroatoms. The van der Waals surface area contributed by atoms with Gasteiger partial charge in [-0.15, -0.1) is 11.3 Å². The molecule has 0 bridgehead atoms. The summed E-state index contributed by atoms with van der Waals surface area (Å²) < 4.78 is 0. The summed E-state index contributed by atoms with van der Waals surface area (Å²) in [4.78, 5) is 2.28. The van der Waals surface area contributed by atoms with Crippen molar-refractivity contribution in [1.29, 1.82) is 0 Å². The molecule has 2 rings (SSSR count). The zero-order valence-electron chi connectivity index (χ0n) is 9.48. The zero-order valence-corrected chi connectivity index (χ0v) is 11.1. The summed E-state index contributed by atoms with van der Waals surface area (Å²) in [5.41, 5.74) is 2.01. The lowest BCUT2D eigenvalue weighted by Gasteiger charge is -1.99. The van der Waals surface area contributed by atoms with Crippen LogP contribution in [-0.4, -0.2) is 11.7 Å². The first-order valence-electron chi connectivity index (χ1n) is 5.33. The minimum absolute atomic E-state index is 0.0966. The number of hydrogen-bond donors (Lipinski definition) is 1. The molecular formula is C14H13ClOS. The van der Waals surface area contributed by atoms with Crippen LogP contribution in [0, 0.1) is 0 Å². The molecule has 1 aromatic carbocycles. The van der Waals surface area contributed by atoms with Gasteiger partial charge in [-0.1, -0.05) is 29.8 Å². The summed E-state index contributed by atoms with van der Waals surface area (Å²) in [6.45, 7) is 2.01. The molecule has 17 heavy (non-hydrogen) atoms. The third kappa shape index (κ3) is 2.97. The van der Waals surface area contributed by atoms with Gasteiger partial charge in [0, 0.05) is 20.3 Å².